The SMILES string of the molecule is COc1ccc([C@@H](C)NC(=O)[C@@H]2CCCN(Cc3ccccc3)C2)cc1. The molecule has 138 valence electrons. The lowest BCUT2D eigenvalue weighted by molar-refractivity contribution is -0.127. The van der Waals surface area contributed by atoms with Crippen LogP contribution in [0.25, 0.3) is 0 Å². The summed E-state index contributed by atoms with van der Waals surface area (Å²) in [5.74, 6) is 1.05. The molecule has 0 spiro atoms. The average molecular weight is 352 g/mol. The predicted octanol–water partition coefficient (Wildman–Crippen LogP) is 3.78. The van der Waals surface area contributed by atoms with Gasteiger partial charge in [0.1, 0.15) is 5.75 Å². The average Bonchev–Trinajstić information content (AvgIpc) is 2.69. The Labute approximate surface area is 156 Å². The molecule has 1 saturated heterocycles. The third-order valence-corrected chi connectivity index (χ3v) is 5.10. The van der Waals surface area contributed by atoms with Gasteiger partial charge >= 0.3 is 0 Å². The first kappa shape index (κ1) is 18.5. The van der Waals surface area contributed by atoms with Gasteiger partial charge in [0.25, 0.3) is 0 Å². The minimum absolute atomic E-state index is 0.00194. The highest BCUT2D eigenvalue weighted by atomic mass is 16.5. The second kappa shape index (κ2) is 8.86. The topological polar surface area (TPSA) is 41.6 Å². The maximum Gasteiger partial charge on any atom is 0.224 e. The van der Waals surface area contributed by atoms with Gasteiger partial charge in [-0.05, 0) is 49.6 Å². The first-order valence-electron chi connectivity index (χ1n) is 9.36. The molecule has 3 rings (SSSR count). The van der Waals surface area contributed by atoms with E-state index in [2.05, 4.69) is 34.5 Å². The standard InChI is InChI=1S/C22H28N2O2/c1-17(19-10-12-21(26-2)13-11-19)23-22(25)20-9-6-14-24(16-20)15-18-7-4-3-5-8-18/h3-5,7-8,10-13,17,20H,6,9,14-16H2,1-2H3,(H,23,25)/t17-,20-/m1/s1. The fourth-order valence-electron chi connectivity index (χ4n) is 3.56. The van der Waals surface area contributed by atoms with E-state index in [0.717, 1.165) is 43.8 Å². The van der Waals surface area contributed by atoms with Gasteiger partial charge in [-0.3, -0.25) is 9.69 Å². The highest BCUT2D eigenvalue weighted by molar-refractivity contribution is 5.79. The van der Waals surface area contributed by atoms with Crippen molar-refractivity contribution in [2.45, 2.75) is 32.4 Å². The first-order valence-corrected chi connectivity index (χ1v) is 9.36. The van der Waals surface area contributed by atoms with Crippen LogP contribution in [-0.2, 0) is 11.3 Å². The highest BCUT2D eigenvalue weighted by Crippen LogP contribution is 2.21. The Bertz CT molecular complexity index is 700. The van der Waals surface area contributed by atoms with E-state index in [1.165, 1.54) is 5.56 Å². The summed E-state index contributed by atoms with van der Waals surface area (Å²) in [6.45, 7) is 4.84. The second-order valence-corrected chi connectivity index (χ2v) is 7.06. The van der Waals surface area contributed by atoms with E-state index in [0.29, 0.717) is 0 Å². The first-order chi connectivity index (χ1) is 12.7. The minimum Gasteiger partial charge on any atom is -0.497 e. The van der Waals surface area contributed by atoms with Crippen molar-refractivity contribution in [3.05, 3.63) is 65.7 Å². The number of nitrogens with one attached hydrogen (secondary N) is 1. The molecule has 0 radical (unpaired) electrons. The smallest absolute Gasteiger partial charge is 0.224 e. The van der Waals surface area contributed by atoms with Crippen LogP contribution in [0.1, 0.15) is 36.9 Å². The summed E-state index contributed by atoms with van der Waals surface area (Å²) in [4.78, 5) is 15.1. The molecule has 1 N–H and O–H groups in total. The molecular formula is C22H28N2O2. The Kier molecular flexibility index (Phi) is 6.29. The van der Waals surface area contributed by atoms with Gasteiger partial charge in [0.15, 0.2) is 0 Å². The van der Waals surface area contributed by atoms with Crippen molar-refractivity contribution in [1.82, 2.24) is 10.2 Å². The number of hydrogen-bond donors (Lipinski definition) is 1. The molecule has 1 amide bonds. The van der Waals surface area contributed by atoms with Gasteiger partial charge in [-0.2, -0.15) is 0 Å². The number of benzene rings is 2. The number of ether oxygens (including phenoxy) is 1. The Morgan fingerprint density at radius 3 is 2.62 bits per heavy atom. The third-order valence-electron chi connectivity index (χ3n) is 5.10. The molecule has 4 nitrogen and oxygen atoms in total. The van der Waals surface area contributed by atoms with Crippen molar-refractivity contribution < 1.29 is 9.53 Å². The fourth-order valence-corrected chi connectivity index (χ4v) is 3.56. The molecule has 0 bridgehead atoms. The quantitative estimate of drug-likeness (QED) is 0.860. The fraction of sp³-hybridized carbons (Fsp3) is 0.409. The molecule has 0 saturated carbocycles. The number of piperidine rings is 1. The van der Waals surface area contributed by atoms with E-state index in [-0.39, 0.29) is 17.9 Å². The van der Waals surface area contributed by atoms with E-state index in [1.54, 1.807) is 7.11 Å². The number of nitrogens with zero attached hydrogens (tertiary/aromatic N) is 1. The molecule has 1 fully saturated rings. The van der Waals surface area contributed by atoms with Gasteiger partial charge in [-0.1, -0.05) is 42.5 Å². The van der Waals surface area contributed by atoms with Gasteiger partial charge in [-0.15, -0.1) is 0 Å². The summed E-state index contributed by atoms with van der Waals surface area (Å²) in [6.07, 6.45) is 2.04. The largest absolute Gasteiger partial charge is 0.497 e. The number of carbonyl (C=O) groups is 1. The summed E-state index contributed by atoms with van der Waals surface area (Å²) in [6, 6.07) is 18.3. The van der Waals surface area contributed by atoms with Crippen LogP contribution in [0.15, 0.2) is 54.6 Å². The summed E-state index contributed by atoms with van der Waals surface area (Å²) in [5.41, 5.74) is 2.40. The lowest BCUT2D eigenvalue weighted by atomic mass is 9.96. The Morgan fingerprint density at radius 1 is 1.19 bits per heavy atom. The van der Waals surface area contributed by atoms with Gasteiger partial charge < -0.3 is 10.1 Å². The van der Waals surface area contributed by atoms with Gasteiger partial charge in [0.05, 0.1) is 19.1 Å². The molecule has 0 aliphatic carbocycles. The van der Waals surface area contributed by atoms with Gasteiger partial charge in [0.2, 0.25) is 5.91 Å². The summed E-state index contributed by atoms with van der Waals surface area (Å²) >= 11 is 0. The Hall–Kier alpha value is -2.33. The van der Waals surface area contributed by atoms with Crippen LogP contribution in [0.5, 0.6) is 5.75 Å². The Morgan fingerprint density at radius 2 is 1.92 bits per heavy atom. The summed E-state index contributed by atoms with van der Waals surface area (Å²) in [5, 5.41) is 3.18. The summed E-state index contributed by atoms with van der Waals surface area (Å²) < 4.78 is 5.19. The normalized spacial score (nSPS) is 18.9. The van der Waals surface area contributed by atoms with Crippen LogP contribution in [0.2, 0.25) is 0 Å². The van der Waals surface area contributed by atoms with Crippen LogP contribution < -0.4 is 10.1 Å². The van der Waals surface area contributed by atoms with E-state index < -0.39 is 0 Å². The molecule has 0 unspecified atom stereocenters. The number of likely N-dealkylation sites (tertiary alicyclic amines) is 1. The third kappa shape index (κ3) is 4.85. The maximum atomic E-state index is 12.7. The summed E-state index contributed by atoms with van der Waals surface area (Å²) in [7, 11) is 1.66. The lowest BCUT2D eigenvalue weighted by Crippen LogP contribution is -2.43. The lowest BCUT2D eigenvalue weighted by Gasteiger charge is -2.32. The molecule has 1 aliphatic rings. The number of amides is 1. The zero-order valence-electron chi connectivity index (χ0n) is 15.7. The van der Waals surface area contributed by atoms with Crippen LogP contribution in [0.4, 0.5) is 0 Å². The molecule has 0 aromatic heterocycles. The molecule has 2 aromatic rings. The Balaban J connectivity index is 1.54. The van der Waals surface area contributed by atoms with Crippen molar-refractivity contribution in [2.24, 2.45) is 5.92 Å². The van der Waals surface area contributed by atoms with Crippen molar-refractivity contribution in [1.29, 1.82) is 0 Å². The molecule has 2 atom stereocenters. The van der Waals surface area contributed by atoms with Crippen molar-refractivity contribution >= 4 is 5.91 Å². The second-order valence-electron chi connectivity index (χ2n) is 7.06. The van der Waals surface area contributed by atoms with E-state index in [1.807, 2.05) is 37.3 Å². The highest BCUT2D eigenvalue weighted by Gasteiger charge is 2.26. The molecule has 26 heavy (non-hydrogen) atoms. The minimum atomic E-state index is -0.00194. The number of methoxy groups -OCH3 is 1. The number of hydrogen-bond acceptors (Lipinski definition) is 3. The number of rotatable bonds is 6. The molecular weight excluding hydrogens is 324 g/mol. The molecule has 2 aromatic carbocycles. The van der Waals surface area contributed by atoms with Crippen LogP contribution in [0.3, 0.4) is 0 Å². The molecule has 1 heterocycles. The van der Waals surface area contributed by atoms with Gasteiger partial charge in [0, 0.05) is 13.1 Å². The van der Waals surface area contributed by atoms with Crippen LogP contribution in [0, 0.1) is 5.92 Å². The monoisotopic (exact) mass is 352 g/mol. The van der Waals surface area contributed by atoms with E-state index in [9.17, 15) is 4.79 Å². The van der Waals surface area contributed by atoms with Crippen LogP contribution in [-0.4, -0.2) is 31.0 Å². The van der Waals surface area contributed by atoms with E-state index in [4.69, 9.17) is 4.74 Å². The van der Waals surface area contributed by atoms with Gasteiger partial charge in [-0.25, -0.2) is 0 Å². The molecule has 1 aliphatic heterocycles. The van der Waals surface area contributed by atoms with Crippen molar-refractivity contribution in [3.8, 4) is 5.75 Å². The predicted molar refractivity (Wildman–Crippen MR) is 104 cm³/mol. The van der Waals surface area contributed by atoms with Crippen LogP contribution >= 0.6 is 0 Å². The zero-order valence-corrected chi connectivity index (χ0v) is 15.7. The number of carbonyl (C=O) groups excluding carboxylic acids is 1. The van der Waals surface area contributed by atoms with Crippen molar-refractivity contribution in [2.75, 3.05) is 20.2 Å². The molecule has 4 heteroatoms. The zero-order chi connectivity index (χ0) is 18.4. The maximum absolute atomic E-state index is 12.7. The van der Waals surface area contributed by atoms with Crippen molar-refractivity contribution in [3.63, 3.8) is 0 Å². The van der Waals surface area contributed by atoms with E-state index >= 15 is 0 Å².